The third-order valence-electron chi connectivity index (χ3n) is 7.21. The van der Waals surface area contributed by atoms with Crippen LogP contribution in [0.5, 0.6) is 0 Å². The minimum Gasteiger partial charge on any atom is -0.378 e. The molecule has 1 saturated carbocycles. The van der Waals surface area contributed by atoms with Gasteiger partial charge in [0.2, 0.25) is 0 Å². The van der Waals surface area contributed by atoms with Crippen molar-refractivity contribution < 1.29 is 4.74 Å². The molecule has 0 radical (unpaired) electrons. The standard InChI is InChI=1S/C23H25ClN4O/c1-13-4-14(2-3-25-13)23-20-7-19(21(24)8-22(20)26-27-23)15-5-16-9-28(10-17(16)6-15)18-11-29-12-18/h2-4,7-8,15-18H,5-6,9-12H2,1H3,(H,26,27)/t15?,16-,17+. The molecule has 2 aliphatic heterocycles. The molecule has 6 rings (SSSR count). The average molecular weight is 409 g/mol. The number of benzene rings is 1. The molecule has 1 unspecified atom stereocenters. The molecule has 3 aliphatic rings. The SMILES string of the molecule is Cc1cc(-c2n[nH]c3cc(Cl)c(C4C[C@@H]5CN(C6COC6)C[C@@H]5C4)cc23)ccn1. The molecule has 3 fully saturated rings. The number of H-pyrrole nitrogens is 1. The fourth-order valence-electron chi connectivity index (χ4n) is 5.60. The number of hydrogen-bond donors (Lipinski definition) is 1. The van der Waals surface area contributed by atoms with Crippen LogP contribution in [0.3, 0.4) is 0 Å². The highest BCUT2D eigenvalue weighted by Gasteiger charge is 2.44. The van der Waals surface area contributed by atoms with Gasteiger partial charge in [-0.15, -0.1) is 0 Å². The van der Waals surface area contributed by atoms with Crippen molar-refractivity contribution in [3.05, 3.63) is 46.7 Å². The molecule has 1 N–H and O–H groups in total. The number of aryl methyl sites for hydroxylation is 1. The van der Waals surface area contributed by atoms with Crippen LogP contribution in [0, 0.1) is 18.8 Å². The second-order valence-electron chi connectivity index (χ2n) is 9.01. The molecular formula is C23H25ClN4O. The maximum absolute atomic E-state index is 6.75. The Morgan fingerprint density at radius 1 is 1.14 bits per heavy atom. The van der Waals surface area contributed by atoms with Crippen LogP contribution in [0.25, 0.3) is 22.2 Å². The van der Waals surface area contributed by atoms with Gasteiger partial charge in [0.05, 0.1) is 24.8 Å². The Kier molecular flexibility index (Phi) is 4.19. The quantitative estimate of drug-likeness (QED) is 0.697. The number of hydrogen-bond acceptors (Lipinski definition) is 4. The highest BCUT2D eigenvalue weighted by molar-refractivity contribution is 6.32. The minimum absolute atomic E-state index is 0.545. The van der Waals surface area contributed by atoms with Crippen molar-refractivity contribution in [2.24, 2.45) is 11.8 Å². The van der Waals surface area contributed by atoms with Gasteiger partial charge in [-0.2, -0.15) is 5.10 Å². The van der Waals surface area contributed by atoms with E-state index in [0.29, 0.717) is 12.0 Å². The summed E-state index contributed by atoms with van der Waals surface area (Å²) < 4.78 is 5.39. The number of fused-ring (bicyclic) bond motifs is 2. The van der Waals surface area contributed by atoms with Gasteiger partial charge in [0.25, 0.3) is 0 Å². The molecule has 1 aromatic carbocycles. The van der Waals surface area contributed by atoms with E-state index in [9.17, 15) is 0 Å². The van der Waals surface area contributed by atoms with E-state index in [-0.39, 0.29) is 0 Å². The summed E-state index contributed by atoms with van der Waals surface area (Å²) in [5.74, 6) is 2.13. The number of nitrogens with one attached hydrogen (secondary N) is 1. The summed E-state index contributed by atoms with van der Waals surface area (Å²) in [6.45, 7) is 6.30. The molecule has 0 spiro atoms. The summed E-state index contributed by atoms with van der Waals surface area (Å²) in [7, 11) is 0. The molecule has 1 aliphatic carbocycles. The lowest BCUT2D eigenvalue weighted by Crippen LogP contribution is -2.48. The van der Waals surface area contributed by atoms with Gasteiger partial charge >= 0.3 is 0 Å². The van der Waals surface area contributed by atoms with Crippen LogP contribution in [-0.2, 0) is 4.74 Å². The van der Waals surface area contributed by atoms with Crippen LogP contribution in [0.1, 0.15) is 30.0 Å². The van der Waals surface area contributed by atoms with Crippen LogP contribution in [0.15, 0.2) is 30.5 Å². The lowest BCUT2D eigenvalue weighted by atomic mass is 9.93. The molecular weight excluding hydrogens is 384 g/mol. The molecule has 4 heterocycles. The van der Waals surface area contributed by atoms with Gasteiger partial charge in [-0.25, -0.2) is 0 Å². The van der Waals surface area contributed by atoms with Gasteiger partial charge < -0.3 is 4.74 Å². The number of likely N-dealkylation sites (tertiary alicyclic amines) is 1. The van der Waals surface area contributed by atoms with Gasteiger partial charge in [0.1, 0.15) is 5.69 Å². The van der Waals surface area contributed by atoms with Crippen molar-refractivity contribution in [2.75, 3.05) is 26.3 Å². The van der Waals surface area contributed by atoms with Crippen LogP contribution < -0.4 is 0 Å². The lowest BCUT2D eigenvalue weighted by Gasteiger charge is -2.35. The van der Waals surface area contributed by atoms with Gasteiger partial charge in [0, 0.05) is 41.0 Å². The molecule has 0 bridgehead atoms. The van der Waals surface area contributed by atoms with E-state index >= 15 is 0 Å². The molecule has 2 saturated heterocycles. The summed E-state index contributed by atoms with van der Waals surface area (Å²) >= 11 is 6.75. The molecule has 5 nitrogen and oxygen atoms in total. The maximum Gasteiger partial charge on any atom is 0.100 e. The predicted molar refractivity (Wildman–Crippen MR) is 114 cm³/mol. The summed E-state index contributed by atoms with van der Waals surface area (Å²) in [5.41, 5.74) is 5.37. The Hall–Kier alpha value is -1.95. The third kappa shape index (κ3) is 2.98. The second-order valence-corrected chi connectivity index (χ2v) is 9.42. The molecule has 3 aromatic rings. The van der Waals surface area contributed by atoms with E-state index in [2.05, 4.69) is 38.3 Å². The van der Waals surface area contributed by atoms with Crippen molar-refractivity contribution in [3.8, 4) is 11.3 Å². The Balaban J connectivity index is 1.30. The molecule has 2 aromatic heterocycles. The van der Waals surface area contributed by atoms with E-state index < -0.39 is 0 Å². The highest BCUT2D eigenvalue weighted by atomic mass is 35.5. The smallest absolute Gasteiger partial charge is 0.100 e. The van der Waals surface area contributed by atoms with E-state index in [0.717, 1.165) is 57.9 Å². The number of halogens is 1. The topological polar surface area (TPSA) is 54.0 Å². The Labute approximate surface area is 175 Å². The molecule has 150 valence electrons. The zero-order valence-corrected chi connectivity index (χ0v) is 17.3. The van der Waals surface area contributed by atoms with Crippen LogP contribution in [-0.4, -0.2) is 52.4 Å². The summed E-state index contributed by atoms with van der Waals surface area (Å²) in [6.07, 6.45) is 4.32. The largest absolute Gasteiger partial charge is 0.378 e. The molecule has 29 heavy (non-hydrogen) atoms. The fourth-order valence-corrected chi connectivity index (χ4v) is 5.92. The molecule has 0 amide bonds. The third-order valence-corrected chi connectivity index (χ3v) is 7.53. The fraction of sp³-hybridized carbons (Fsp3) is 0.478. The van der Waals surface area contributed by atoms with Crippen molar-refractivity contribution in [2.45, 2.75) is 31.7 Å². The van der Waals surface area contributed by atoms with Crippen LogP contribution in [0.2, 0.25) is 5.02 Å². The number of nitrogens with zero attached hydrogens (tertiary/aromatic N) is 3. The zero-order valence-electron chi connectivity index (χ0n) is 16.6. The Morgan fingerprint density at radius 2 is 1.93 bits per heavy atom. The minimum atomic E-state index is 0.545. The lowest BCUT2D eigenvalue weighted by molar-refractivity contribution is -0.0594. The number of aromatic amines is 1. The average Bonchev–Trinajstić information content (AvgIpc) is 3.32. The van der Waals surface area contributed by atoms with Crippen LogP contribution in [0.4, 0.5) is 0 Å². The van der Waals surface area contributed by atoms with Crippen molar-refractivity contribution in [3.63, 3.8) is 0 Å². The van der Waals surface area contributed by atoms with Gasteiger partial charge in [-0.3, -0.25) is 15.0 Å². The first-order valence-corrected chi connectivity index (χ1v) is 11.0. The van der Waals surface area contributed by atoms with Crippen molar-refractivity contribution >= 4 is 22.5 Å². The normalized spacial score (nSPS) is 27.4. The molecule has 6 heteroatoms. The predicted octanol–water partition coefficient (Wildman–Crippen LogP) is 4.41. The monoisotopic (exact) mass is 408 g/mol. The highest BCUT2D eigenvalue weighted by Crippen LogP contribution is 2.49. The van der Waals surface area contributed by atoms with Crippen LogP contribution >= 0.6 is 11.6 Å². The number of rotatable bonds is 3. The Morgan fingerprint density at radius 3 is 2.62 bits per heavy atom. The summed E-state index contributed by atoms with van der Waals surface area (Å²) in [6, 6.07) is 9.12. The number of pyridine rings is 1. The molecule has 3 atom stereocenters. The first-order valence-electron chi connectivity index (χ1n) is 10.6. The maximum atomic E-state index is 6.75. The van der Waals surface area contributed by atoms with Gasteiger partial charge in [-0.1, -0.05) is 11.6 Å². The van der Waals surface area contributed by atoms with Crippen molar-refractivity contribution in [1.82, 2.24) is 20.1 Å². The summed E-state index contributed by atoms with van der Waals surface area (Å²) in [5, 5.41) is 9.77. The number of aromatic nitrogens is 3. The van der Waals surface area contributed by atoms with Gasteiger partial charge in [-0.05, 0) is 67.3 Å². The van der Waals surface area contributed by atoms with Crippen molar-refractivity contribution in [1.29, 1.82) is 0 Å². The Bertz CT molecular complexity index is 1060. The zero-order chi connectivity index (χ0) is 19.5. The van der Waals surface area contributed by atoms with E-state index in [4.69, 9.17) is 16.3 Å². The second kappa shape index (κ2) is 6.79. The summed E-state index contributed by atoms with van der Waals surface area (Å²) in [4.78, 5) is 6.97. The van der Waals surface area contributed by atoms with E-state index in [1.54, 1.807) is 0 Å². The number of ether oxygens (including phenoxy) is 1. The van der Waals surface area contributed by atoms with E-state index in [1.807, 2.05) is 19.2 Å². The first kappa shape index (κ1) is 17.9. The first-order chi connectivity index (χ1) is 14.2. The van der Waals surface area contributed by atoms with E-state index in [1.165, 1.54) is 31.5 Å². The van der Waals surface area contributed by atoms with Gasteiger partial charge in [0.15, 0.2) is 0 Å².